The quantitative estimate of drug-likeness (QED) is 0.856. The maximum absolute atomic E-state index is 11.2. The van der Waals surface area contributed by atoms with E-state index in [-0.39, 0.29) is 23.3 Å². The number of fused-ring (bicyclic) bond motifs is 1. The van der Waals surface area contributed by atoms with Crippen LogP contribution in [0.15, 0.2) is 18.2 Å². The van der Waals surface area contributed by atoms with Gasteiger partial charge in [0.1, 0.15) is 6.54 Å². The maximum atomic E-state index is 11.2. The smallest absolute Gasteiger partial charge is 0.325 e. The first-order valence-corrected chi connectivity index (χ1v) is 7.22. The van der Waals surface area contributed by atoms with Crippen molar-refractivity contribution in [3.63, 3.8) is 0 Å². The Kier molecular flexibility index (Phi) is 3.81. The Morgan fingerprint density at radius 1 is 1.15 bits per heavy atom. The van der Waals surface area contributed by atoms with Gasteiger partial charge in [-0.3, -0.25) is 4.79 Å². The Labute approximate surface area is 121 Å². The molecule has 1 aromatic carbocycles. The third kappa shape index (κ3) is 2.82. The first-order chi connectivity index (χ1) is 9.26. The minimum atomic E-state index is -0.248. The van der Waals surface area contributed by atoms with Crippen LogP contribution >= 0.6 is 0 Å². The van der Waals surface area contributed by atoms with Crippen molar-refractivity contribution < 1.29 is 9.53 Å². The van der Waals surface area contributed by atoms with Crippen LogP contribution < -0.4 is 5.32 Å². The predicted octanol–water partition coefficient (Wildman–Crippen LogP) is 3.62. The molecular weight excluding hydrogens is 250 g/mol. The Balaban J connectivity index is 2.31. The molecule has 0 atom stereocenters. The van der Waals surface area contributed by atoms with Gasteiger partial charge in [0.25, 0.3) is 0 Å². The number of ether oxygens (including phenoxy) is 1. The normalized spacial score (nSPS) is 19.1. The van der Waals surface area contributed by atoms with Gasteiger partial charge in [-0.05, 0) is 46.9 Å². The lowest BCUT2D eigenvalue weighted by atomic mass is 9.63. The van der Waals surface area contributed by atoms with Crippen LogP contribution in [0.25, 0.3) is 0 Å². The topological polar surface area (TPSA) is 38.3 Å². The van der Waals surface area contributed by atoms with E-state index in [1.165, 1.54) is 31.1 Å². The van der Waals surface area contributed by atoms with Crippen molar-refractivity contribution in [3.05, 3.63) is 29.3 Å². The third-order valence-corrected chi connectivity index (χ3v) is 4.52. The van der Waals surface area contributed by atoms with Gasteiger partial charge < -0.3 is 10.1 Å². The number of benzene rings is 1. The van der Waals surface area contributed by atoms with Gasteiger partial charge in [-0.15, -0.1) is 0 Å². The average molecular weight is 275 g/mol. The Hall–Kier alpha value is -1.51. The summed E-state index contributed by atoms with van der Waals surface area (Å²) in [5.74, 6) is -0.248. The minimum Gasteiger partial charge on any atom is -0.468 e. The van der Waals surface area contributed by atoms with Gasteiger partial charge in [0.05, 0.1) is 7.11 Å². The van der Waals surface area contributed by atoms with Gasteiger partial charge >= 0.3 is 5.97 Å². The molecule has 3 heteroatoms. The van der Waals surface area contributed by atoms with E-state index in [0.29, 0.717) is 0 Å². The second-order valence-corrected chi connectivity index (χ2v) is 6.96. The van der Waals surface area contributed by atoms with E-state index >= 15 is 0 Å². The van der Waals surface area contributed by atoms with Crippen molar-refractivity contribution in [2.75, 3.05) is 19.0 Å². The Morgan fingerprint density at radius 3 is 2.35 bits per heavy atom. The van der Waals surface area contributed by atoms with Crippen molar-refractivity contribution in [1.82, 2.24) is 0 Å². The summed E-state index contributed by atoms with van der Waals surface area (Å²) in [7, 11) is 1.41. The van der Waals surface area contributed by atoms with Gasteiger partial charge in [-0.25, -0.2) is 0 Å². The molecule has 1 N–H and O–H groups in total. The third-order valence-electron chi connectivity index (χ3n) is 4.52. The number of anilines is 1. The van der Waals surface area contributed by atoms with Crippen LogP contribution in [0.4, 0.5) is 5.69 Å². The maximum Gasteiger partial charge on any atom is 0.325 e. The van der Waals surface area contributed by atoms with Crippen LogP contribution in [0.2, 0.25) is 0 Å². The molecule has 0 radical (unpaired) electrons. The minimum absolute atomic E-state index is 0.188. The SMILES string of the molecule is COC(=O)CNc1ccc2c(c1)C(C)(C)CCC2(C)C. The molecule has 0 saturated heterocycles. The summed E-state index contributed by atoms with van der Waals surface area (Å²) < 4.78 is 4.66. The molecule has 0 aromatic heterocycles. The monoisotopic (exact) mass is 275 g/mol. The Bertz CT molecular complexity index is 518. The molecule has 1 aliphatic rings. The van der Waals surface area contributed by atoms with Crippen LogP contribution in [-0.2, 0) is 20.4 Å². The van der Waals surface area contributed by atoms with Crippen molar-refractivity contribution in [2.24, 2.45) is 0 Å². The molecule has 110 valence electrons. The molecule has 0 heterocycles. The number of hydrogen-bond acceptors (Lipinski definition) is 3. The number of methoxy groups -OCH3 is 1. The molecule has 2 rings (SSSR count). The van der Waals surface area contributed by atoms with E-state index in [0.717, 1.165) is 5.69 Å². The van der Waals surface area contributed by atoms with Gasteiger partial charge in [0.15, 0.2) is 0 Å². The molecule has 0 unspecified atom stereocenters. The average Bonchev–Trinajstić information content (AvgIpc) is 2.41. The van der Waals surface area contributed by atoms with Crippen LogP contribution in [0.3, 0.4) is 0 Å². The fourth-order valence-electron chi connectivity index (χ4n) is 2.95. The standard InChI is InChI=1S/C17H25NO2/c1-16(2)8-9-17(3,4)14-10-12(6-7-13(14)16)18-11-15(19)20-5/h6-7,10,18H,8-9,11H2,1-5H3. The first-order valence-electron chi connectivity index (χ1n) is 7.22. The van der Waals surface area contributed by atoms with E-state index < -0.39 is 0 Å². The lowest BCUT2D eigenvalue weighted by Crippen LogP contribution is -2.33. The summed E-state index contributed by atoms with van der Waals surface area (Å²) in [6.07, 6.45) is 2.40. The highest BCUT2D eigenvalue weighted by Crippen LogP contribution is 2.46. The zero-order valence-electron chi connectivity index (χ0n) is 13.2. The molecule has 0 spiro atoms. The molecule has 0 fully saturated rings. The molecule has 20 heavy (non-hydrogen) atoms. The van der Waals surface area contributed by atoms with Gasteiger partial charge in [0.2, 0.25) is 0 Å². The number of carbonyl (C=O) groups excluding carboxylic acids is 1. The zero-order chi connectivity index (χ0) is 15.0. The van der Waals surface area contributed by atoms with Gasteiger partial charge in [-0.1, -0.05) is 33.8 Å². The molecule has 0 aliphatic heterocycles. The number of nitrogens with one attached hydrogen (secondary N) is 1. The molecule has 1 aliphatic carbocycles. The zero-order valence-corrected chi connectivity index (χ0v) is 13.2. The van der Waals surface area contributed by atoms with E-state index in [4.69, 9.17) is 0 Å². The molecule has 3 nitrogen and oxygen atoms in total. The van der Waals surface area contributed by atoms with E-state index in [2.05, 4.69) is 55.9 Å². The van der Waals surface area contributed by atoms with Crippen LogP contribution in [0.5, 0.6) is 0 Å². The molecule has 0 amide bonds. The molecule has 1 aromatic rings. The summed E-state index contributed by atoms with van der Waals surface area (Å²) in [4.78, 5) is 11.2. The number of hydrogen-bond donors (Lipinski definition) is 1. The summed E-state index contributed by atoms with van der Waals surface area (Å²) in [6.45, 7) is 9.42. The van der Waals surface area contributed by atoms with Gasteiger partial charge in [0, 0.05) is 5.69 Å². The summed E-state index contributed by atoms with van der Waals surface area (Å²) >= 11 is 0. The first kappa shape index (κ1) is 14.9. The highest BCUT2D eigenvalue weighted by molar-refractivity contribution is 5.75. The number of rotatable bonds is 3. The lowest BCUT2D eigenvalue weighted by molar-refractivity contribution is -0.138. The summed E-state index contributed by atoms with van der Waals surface area (Å²) in [5.41, 5.74) is 4.22. The summed E-state index contributed by atoms with van der Waals surface area (Å²) in [5, 5.41) is 3.14. The lowest BCUT2D eigenvalue weighted by Gasteiger charge is -2.42. The predicted molar refractivity (Wildman–Crippen MR) is 82.2 cm³/mol. The van der Waals surface area contributed by atoms with Crippen molar-refractivity contribution in [3.8, 4) is 0 Å². The number of carbonyl (C=O) groups is 1. The number of esters is 1. The van der Waals surface area contributed by atoms with Crippen molar-refractivity contribution >= 4 is 11.7 Å². The van der Waals surface area contributed by atoms with E-state index in [1.807, 2.05) is 0 Å². The fourth-order valence-corrected chi connectivity index (χ4v) is 2.95. The largest absolute Gasteiger partial charge is 0.468 e. The van der Waals surface area contributed by atoms with E-state index in [9.17, 15) is 4.79 Å². The van der Waals surface area contributed by atoms with E-state index in [1.54, 1.807) is 0 Å². The van der Waals surface area contributed by atoms with Gasteiger partial charge in [-0.2, -0.15) is 0 Å². The van der Waals surface area contributed by atoms with Crippen LogP contribution in [0, 0.1) is 0 Å². The second kappa shape index (κ2) is 5.12. The second-order valence-electron chi connectivity index (χ2n) is 6.96. The van der Waals surface area contributed by atoms with Crippen molar-refractivity contribution in [1.29, 1.82) is 0 Å². The molecular formula is C17H25NO2. The highest BCUT2D eigenvalue weighted by atomic mass is 16.5. The molecule has 0 bridgehead atoms. The highest BCUT2D eigenvalue weighted by Gasteiger charge is 2.36. The van der Waals surface area contributed by atoms with Crippen LogP contribution in [0.1, 0.15) is 51.7 Å². The Morgan fingerprint density at radius 2 is 1.75 bits per heavy atom. The fraction of sp³-hybridized carbons (Fsp3) is 0.588. The van der Waals surface area contributed by atoms with Crippen LogP contribution in [-0.4, -0.2) is 19.6 Å². The molecule has 0 saturated carbocycles. The summed E-state index contributed by atoms with van der Waals surface area (Å²) in [6, 6.07) is 6.46. The van der Waals surface area contributed by atoms with Crippen molar-refractivity contribution in [2.45, 2.75) is 51.4 Å².